The third-order valence-electron chi connectivity index (χ3n) is 5.46. The van der Waals surface area contributed by atoms with Gasteiger partial charge in [0.15, 0.2) is 0 Å². The number of anilines is 2. The third-order valence-corrected chi connectivity index (χ3v) is 6.67. The van der Waals surface area contributed by atoms with Crippen molar-refractivity contribution in [2.24, 2.45) is 0 Å². The van der Waals surface area contributed by atoms with E-state index in [1.807, 2.05) is 35.2 Å². The number of nitrogens with zero attached hydrogens (tertiary/aromatic N) is 2. The van der Waals surface area contributed by atoms with E-state index in [2.05, 4.69) is 25.2 Å². The number of rotatable bonds is 6. The molecule has 2 amide bonds. The first-order valence-electron chi connectivity index (χ1n) is 10.5. The summed E-state index contributed by atoms with van der Waals surface area (Å²) in [4.78, 5) is 37.6. The Labute approximate surface area is 196 Å². The van der Waals surface area contributed by atoms with Gasteiger partial charge < -0.3 is 5.32 Å². The van der Waals surface area contributed by atoms with Crippen molar-refractivity contribution in [1.82, 2.24) is 0 Å². The zero-order chi connectivity index (χ0) is 23.5. The van der Waals surface area contributed by atoms with Crippen molar-refractivity contribution in [3.63, 3.8) is 0 Å². The minimum absolute atomic E-state index is 0.0705. The number of benzene rings is 3. The van der Waals surface area contributed by atoms with Crippen molar-refractivity contribution in [2.45, 2.75) is 25.1 Å². The van der Waals surface area contributed by atoms with Crippen LogP contribution in [0.15, 0.2) is 72.8 Å². The second-order valence-electron chi connectivity index (χ2n) is 8.02. The highest BCUT2D eigenvalue weighted by Gasteiger charge is 2.35. The molecular weight excluding hydrogens is 438 g/mol. The highest BCUT2D eigenvalue weighted by Crippen LogP contribution is 2.44. The number of nitro groups is 1. The van der Waals surface area contributed by atoms with Crippen molar-refractivity contribution >= 4 is 40.6 Å². The van der Waals surface area contributed by atoms with Crippen LogP contribution >= 0.6 is 11.8 Å². The lowest BCUT2D eigenvalue weighted by Crippen LogP contribution is -2.29. The Kier molecular flexibility index (Phi) is 6.46. The van der Waals surface area contributed by atoms with Crippen LogP contribution in [0.4, 0.5) is 17.1 Å². The summed E-state index contributed by atoms with van der Waals surface area (Å²) in [5.74, 6) is 0.333. The first-order valence-corrected chi connectivity index (χ1v) is 11.6. The summed E-state index contributed by atoms with van der Waals surface area (Å²) in [6, 6.07) is 20.9. The molecule has 0 aromatic heterocycles. The zero-order valence-electron chi connectivity index (χ0n) is 18.2. The van der Waals surface area contributed by atoms with Crippen LogP contribution in [-0.2, 0) is 4.79 Å². The summed E-state index contributed by atoms with van der Waals surface area (Å²) in [7, 11) is 0. The van der Waals surface area contributed by atoms with Crippen LogP contribution in [0.5, 0.6) is 0 Å². The van der Waals surface area contributed by atoms with E-state index in [4.69, 9.17) is 0 Å². The summed E-state index contributed by atoms with van der Waals surface area (Å²) in [5, 5.41) is 13.6. The number of carbonyl (C=O) groups is 2. The maximum atomic E-state index is 12.8. The second kappa shape index (κ2) is 9.46. The molecule has 0 radical (unpaired) electrons. The van der Waals surface area contributed by atoms with Crippen LogP contribution in [0.2, 0.25) is 0 Å². The van der Waals surface area contributed by atoms with Crippen molar-refractivity contribution in [3.05, 3.63) is 99.6 Å². The molecule has 0 saturated carbocycles. The molecule has 1 saturated heterocycles. The van der Waals surface area contributed by atoms with E-state index < -0.39 is 10.8 Å². The van der Waals surface area contributed by atoms with E-state index in [9.17, 15) is 19.7 Å². The standard InChI is InChI=1S/C25H23N3O4S/c1-16(2)21-8-3-4-9-22(21)27-23(29)15-33-25(27)17-10-12-19(13-11-17)26-24(30)18-6-5-7-20(14-18)28(31)32/h3-14,16,25H,15H2,1-2H3,(H,26,30)/t25-/m0/s1. The fourth-order valence-electron chi connectivity index (χ4n) is 3.82. The molecule has 3 aromatic carbocycles. The molecule has 0 spiro atoms. The van der Waals surface area contributed by atoms with Crippen molar-refractivity contribution < 1.29 is 14.5 Å². The average molecular weight is 462 g/mol. The van der Waals surface area contributed by atoms with Gasteiger partial charge >= 0.3 is 0 Å². The van der Waals surface area contributed by atoms with Crippen molar-refractivity contribution in [3.8, 4) is 0 Å². The Morgan fingerprint density at radius 1 is 1.09 bits per heavy atom. The maximum absolute atomic E-state index is 12.8. The summed E-state index contributed by atoms with van der Waals surface area (Å²) in [6.07, 6.45) is 0. The first-order chi connectivity index (χ1) is 15.8. The van der Waals surface area contributed by atoms with Gasteiger partial charge in [-0.3, -0.25) is 24.6 Å². The quantitative estimate of drug-likeness (QED) is 0.373. The Bertz CT molecular complexity index is 1210. The molecule has 1 heterocycles. The summed E-state index contributed by atoms with van der Waals surface area (Å²) >= 11 is 1.57. The minimum Gasteiger partial charge on any atom is -0.322 e. The van der Waals surface area contributed by atoms with Crippen LogP contribution in [0.3, 0.4) is 0 Å². The molecule has 3 aromatic rings. The number of nitrogens with one attached hydrogen (secondary N) is 1. The molecule has 168 valence electrons. The minimum atomic E-state index is -0.532. The van der Waals surface area contributed by atoms with Crippen LogP contribution in [0.25, 0.3) is 0 Å². The van der Waals surface area contributed by atoms with Crippen LogP contribution < -0.4 is 10.2 Å². The van der Waals surface area contributed by atoms with Crippen molar-refractivity contribution in [2.75, 3.05) is 16.0 Å². The van der Waals surface area contributed by atoms with Gasteiger partial charge in [0.25, 0.3) is 11.6 Å². The van der Waals surface area contributed by atoms with E-state index >= 15 is 0 Å². The fraction of sp³-hybridized carbons (Fsp3) is 0.200. The summed E-state index contributed by atoms with van der Waals surface area (Å²) < 4.78 is 0. The number of amides is 2. The topological polar surface area (TPSA) is 92.6 Å². The lowest BCUT2D eigenvalue weighted by molar-refractivity contribution is -0.384. The predicted molar refractivity (Wildman–Crippen MR) is 131 cm³/mol. The molecular formula is C25H23N3O4S. The molecule has 1 aliphatic heterocycles. The van der Waals surface area contributed by atoms with E-state index in [0.29, 0.717) is 11.4 Å². The van der Waals surface area contributed by atoms with E-state index in [-0.39, 0.29) is 28.4 Å². The highest BCUT2D eigenvalue weighted by atomic mass is 32.2. The second-order valence-corrected chi connectivity index (χ2v) is 9.09. The van der Waals surface area contributed by atoms with Gasteiger partial charge in [0.1, 0.15) is 5.37 Å². The van der Waals surface area contributed by atoms with Gasteiger partial charge in [-0.2, -0.15) is 0 Å². The Hall–Kier alpha value is -3.65. The molecule has 1 atom stereocenters. The number of non-ortho nitro benzene ring substituents is 1. The van der Waals surface area contributed by atoms with Gasteiger partial charge in [-0.25, -0.2) is 0 Å². The first kappa shape index (κ1) is 22.5. The lowest BCUT2D eigenvalue weighted by Gasteiger charge is -2.27. The monoisotopic (exact) mass is 461 g/mol. The molecule has 7 nitrogen and oxygen atoms in total. The van der Waals surface area contributed by atoms with Crippen LogP contribution in [0, 0.1) is 10.1 Å². The molecule has 0 unspecified atom stereocenters. The molecule has 4 rings (SSSR count). The number of para-hydroxylation sites is 1. The summed E-state index contributed by atoms with van der Waals surface area (Å²) in [5.41, 5.74) is 3.65. The number of nitro benzene ring substituents is 1. The predicted octanol–water partition coefficient (Wildman–Crippen LogP) is 5.75. The van der Waals surface area contributed by atoms with Gasteiger partial charge in [-0.15, -0.1) is 11.8 Å². The molecule has 33 heavy (non-hydrogen) atoms. The van der Waals surface area contributed by atoms with Crippen LogP contribution in [0.1, 0.15) is 46.6 Å². The van der Waals surface area contributed by atoms with Gasteiger partial charge in [-0.05, 0) is 41.3 Å². The molecule has 1 aliphatic rings. The number of hydrogen-bond donors (Lipinski definition) is 1. The zero-order valence-corrected chi connectivity index (χ0v) is 19.0. The lowest BCUT2D eigenvalue weighted by atomic mass is 10.00. The Morgan fingerprint density at radius 2 is 1.82 bits per heavy atom. The number of carbonyl (C=O) groups excluding carboxylic acids is 2. The van der Waals surface area contributed by atoms with Crippen molar-refractivity contribution in [1.29, 1.82) is 0 Å². The molecule has 1 fully saturated rings. The van der Waals surface area contributed by atoms with Gasteiger partial charge in [-0.1, -0.05) is 50.2 Å². The Balaban J connectivity index is 1.54. The van der Waals surface area contributed by atoms with E-state index in [1.54, 1.807) is 23.9 Å². The molecule has 0 bridgehead atoms. The smallest absolute Gasteiger partial charge is 0.270 e. The number of hydrogen-bond acceptors (Lipinski definition) is 5. The normalized spacial score (nSPS) is 15.7. The van der Waals surface area contributed by atoms with E-state index in [0.717, 1.165) is 16.8 Å². The highest BCUT2D eigenvalue weighted by molar-refractivity contribution is 8.00. The SMILES string of the molecule is CC(C)c1ccccc1N1C(=O)CS[C@H]1c1ccc(NC(=O)c2cccc([N+](=O)[O-])c2)cc1. The van der Waals surface area contributed by atoms with E-state index in [1.165, 1.54) is 24.3 Å². The molecule has 0 aliphatic carbocycles. The summed E-state index contributed by atoms with van der Waals surface area (Å²) in [6.45, 7) is 4.22. The molecule has 8 heteroatoms. The third kappa shape index (κ3) is 4.75. The van der Waals surface area contributed by atoms with Gasteiger partial charge in [0.05, 0.1) is 10.7 Å². The Morgan fingerprint density at radius 3 is 2.52 bits per heavy atom. The average Bonchev–Trinajstić information content (AvgIpc) is 3.20. The molecule has 1 N–H and O–H groups in total. The van der Waals surface area contributed by atoms with Gasteiger partial charge in [0.2, 0.25) is 5.91 Å². The fourth-order valence-corrected chi connectivity index (χ4v) is 4.99. The van der Waals surface area contributed by atoms with Gasteiger partial charge in [0, 0.05) is 29.1 Å². The van der Waals surface area contributed by atoms with Crippen LogP contribution in [-0.4, -0.2) is 22.5 Å². The maximum Gasteiger partial charge on any atom is 0.270 e. The number of thioether (sulfide) groups is 1. The largest absolute Gasteiger partial charge is 0.322 e.